The Bertz CT molecular complexity index is 159. The van der Waals surface area contributed by atoms with E-state index >= 15 is 0 Å². The van der Waals surface area contributed by atoms with Gasteiger partial charge in [0.1, 0.15) is 6.04 Å². The van der Waals surface area contributed by atoms with Crippen LogP contribution in [0.15, 0.2) is 0 Å². The maximum absolute atomic E-state index is 12.3. The van der Waals surface area contributed by atoms with E-state index in [1.54, 1.807) is 0 Å². The van der Waals surface area contributed by atoms with Crippen LogP contribution < -0.4 is 5.73 Å². The van der Waals surface area contributed by atoms with Crippen molar-refractivity contribution < 1.29 is 13.2 Å². The smallest absolute Gasteiger partial charge is 0.320 e. The third kappa shape index (κ3) is 3.48. The average Bonchev–Trinajstić information content (AvgIpc) is 2.00. The lowest BCUT2D eigenvalue weighted by molar-refractivity contribution is -0.160. The highest BCUT2D eigenvalue weighted by Crippen LogP contribution is 2.31. The van der Waals surface area contributed by atoms with Crippen molar-refractivity contribution in [1.29, 1.82) is 0 Å². The van der Waals surface area contributed by atoms with Crippen molar-refractivity contribution in [2.75, 3.05) is 0 Å². The first kappa shape index (κ1) is 11.8. The van der Waals surface area contributed by atoms with E-state index in [1.165, 1.54) is 0 Å². The molecule has 1 saturated carbocycles. The van der Waals surface area contributed by atoms with E-state index in [9.17, 15) is 13.2 Å². The van der Waals surface area contributed by atoms with Gasteiger partial charge in [0.25, 0.3) is 0 Å². The zero-order chi connectivity index (χ0) is 10.6. The van der Waals surface area contributed by atoms with Crippen molar-refractivity contribution in [1.82, 2.24) is 0 Å². The molecule has 14 heavy (non-hydrogen) atoms. The zero-order valence-electron chi connectivity index (χ0n) is 8.32. The van der Waals surface area contributed by atoms with Gasteiger partial charge in [-0.25, -0.2) is 0 Å². The molecule has 0 spiro atoms. The van der Waals surface area contributed by atoms with Crippen LogP contribution in [0.25, 0.3) is 0 Å². The first-order chi connectivity index (χ1) is 6.52. The van der Waals surface area contributed by atoms with Crippen LogP contribution in [0, 0.1) is 5.92 Å². The number of nitrogens with two attached hydrogens (primary N) is 1. The first-order valence-corrected chi connectivity index (χ1v) is 5.34. The van der Waals surface area contributed by atoms with E-state index in [-0.39, 0.29) is 5.92 Å². The van der Waals surface area contributed by atoms with Crippen molar-refractivity contribution in [3.63, 3.8) is 0 Å². The second kappa shape index (κ2) is 5.01. The second-order valence-electron chi connectivity index (χ2n) is 4.17. The molecule has 1 fully saturated rings. The standard InChI is InChI=1S/C10H18F3N/c11-10(12,13)9(14)8-6-4-2-1-3-5-7-8/h8-9H,1-7,14H2. The van der Waals surface area contributed by atoms with E-state index in [0.29, 0.717) is 12.8 Å². The lowest BCUT2D eigenvalue weighted by Gasteiger charge is -2.27. The summed E-state index contributed by atoms with van der Waals surface area (Å²) >= 11 is 0. The molecule has 0 heterocycles. The molecule has 0 aromatic heterocycles. The predicted octanol–water partition coefficient (Wildman–Crippen LogP) is 3.24. The Labute approximate surface area is 82.9 Å². The van der Waals surface area contributed by atoms with Gasteiger partial charge in [0, 0.05) is 0 Å². The number of hydrogen-bond acceptors (Lipinski definition) is 1. The summed E-state index contributed by atoms with van der Waals surface area (Å²) < 4.78 is 37.0. The van der Waals surface area contributed by atoms with Crippen LogP contribution in [0.3, 0.4) is 0 Å². The largest absolute Gasteiger partial charge is 0.403 e. The van der Waals surface area contributed by atoms with Gasteiger partial charge in [0.05, 0.1) is 0 Å². The Morgan fingerprint density at radius 2 is 1.36 bits per heavy atom. The van der Waals surface area contributed by atoms with E-state index < -0.39 is 12.2 Å². The van der Waals surface area contributed by atoms with Gasteiger partial charge in [-0.3, -0.25) is 0 Å². The van der Waals surface area contributed by atoms with Crippen LogP contribution in [0.1, 0.15) is 44.9 Å². The molecule has 84 valence electrons. The number of halogens is 3. The third-order valence-electron chi connectivity index (χ3n) is 3.04. The fourth-order valence-electron chi connectivity index (χ4n) is 2.11. The van der Waals surface area contributed by atoms with Gasteiger partial charge >= 0.3 is 6.18 Å². The van der Waals surface area contributed by atoms with Gasteiger partial charge in [0.15, 0.2) is 0 Å². The molecular formula is C10H18F3N. The normalized spacial score (nSPS) is 24.0. The van der Waals surface area contributed by atoms with Crippen LogP contribution in [0.2, 0.25) is 0 Å². The summed E-state index contributed by atoms with van der Waals surface area (Å²) in [6, 6.07) is -1.61. The molecule has 0 aliphatic heterocycles. The Balaban J connectivity index is 2.47. The minimum absolute atomic E-state index is 0.352. The zero-order valence-corrected chi connectivity index (χ0v) is 8.32. The molecule has 1 aliphatic carbocycles. The van der Waals surface area contributed by atoms with Crippen LogP contribution in [0.4, 0.5) is 13.2 Å². The molecule has 4 heteroatoms. The molecule has 1 aliphatic rings. The molecule has 0 radical (unpaired) electrons. The number of rotatable bonds is 1. The minimum Gasteiger partial charge on any atom is -0.320 e. The number of alkyl halides is 3. The molecule has 1 unspecified atom stereocenters. The van der Waals surface area contributed by atoms with Crippen LogP contribution in [-0.2, 0) is 0 Å². The first-order valence-electron chi connectivity index (χ1n) is 5.34. The second-order valence-corrected chi connectivity index (χ2v) is 4.17. The molecule has 0 aromatic rings. The summed E-state index contributed by atoms with van der Waals surface area (Å²) in [4.78, 5) is 0. The highest BCUT2D eigenvalue weighted by atomic mass is 19.4. The van der Waals surface area contributed by atoms with Crippen LogP contribution >= 0.6 is 0 Å². The van der Waals surface area contributed by atoms with Crippen molar-refractivity contribution in [3.8, 4) is 0 Å². The van der Waals surface area contributed by atoms with Gasteiger partial charge < -0.3 is 5.73 Å². The van der Waals surface area contributed by atoms with Crippen LogP contribution in [-0.4, -0.2) is 12.2 Å². The molecule has 0 bridgehead atoms. The lowest BCUT2D eigenvalue weighted by Crippen LogP contribution is -2.43. The molecule has 2 N–H and O–H groups in total. The maximum Gasteiger partial charge on any atom is 0.403 e. The summed E-state index contributed by atoms with van der Waals surface area (Å²) in [6.07, 6.45) is 2.13. The highest BCUT2D eigenvalue weighted by Gasteiger charge is 2.41. The molecular weight excluding hydrogens is 191 g/mol. The molecule has 1 atom stereocenters. The quantitative estimate of drug-likeness (QED) is 0.705. The monoisotopic (exact) mass is 209 g/mol. The molecule has 0 aromatic carbocycles. The van der Waals surface area contributed by atoms with Gasteiger partial charge in [-0.15, -0.1) is 0 Å². The average molecular weight is 209 g/mol. The van der Waals surface area contributed by atoms with Crippen molar-refractivity contribution in [2.24, 2.45) is 11.7 Å². The van der Waals surface area contributed by atoms with E-state index in [4.69, 9.17) is 5.73 Å². The third-order valence-corrected chi connectivity index (χ3v) is 3.04. The Morgan fingerprint density at radius 3 is 1.79 bits per heavy atom. The molecule has 1 rings (SSSR count). The summed E-state index contributed by atoms with van der Waals surface area (Å²) in [5.74, 6) is -0.352. The minimum atomic E-state index is -4.22. The summed E-state index contributed by atoms with van der Waals surface area (Å²) in [5.41, 5.74) is 5.22. The maximum atomic E-state index is 12.3. The van der Waals surface area contributed by atoms with E-state index in [0.717, 1.165) is 32.1 Å². The fourth-order valence-corrected chi connectivity index (χ4v) is 2.11. The summed E-state index contributed by atoms with van der Waals surface area (Å²) in [5, 5.41) is 0. The summed E-state index contributed by atoms with van der Waals surface area (Å²) in [7, 11) is 0. The Hall–Kier alpha value is -0.250. The van der Waals surface area contributed by atoms with Gasteiger partial charge in [-0.1, -0.05) is 32.1 Å². The highest BCUT2D eigenvalue weighted by molar-refractivity contribution is 4.80. The Kier molecular flexibility index (Phi) is 4.23. The molecule has 0 saturated heterocycles. The Morgan fingerprint density at radius 1 is 0.929 bits per heavy atom. The summed E-state index contributed by atoms with van der Waals surface area (Å²) in [6.45, 7) is 0. The van der Waals surface area contributed by atoms with Gasteiger partial charge in [0.2, 0.25) is 0 Å². The number of hydrogen-bond donors (Lipinski definition) is 1. The molecule has 1 nitrogen and oxygen atoms in total. The SMILES string of the molecule is NC(C1CCCCCCC1)C(F)(F)F. The van der Waals surface area contributed by atoms with Crippen molar-refractivity contribution in [3.05, 3.63) is 0 Å². The topological polar surface area (TPSA) is 26.0 Å². The van der Waals surface area contributed by atoms with E-state index in [1.807, 2.05) is 0 Å². The molecule has 0 amide bonds. The van der Waals surface area contributed by atoms with Gasteiger partial charge in [-0.2, -0.15) is 13.2 Å². The van der Waals surface area contributed by atoms with Crippen molar-refractivity contribution >= 4 is 0 Å². The lowest BCUT2D eigenvalue weighted by atomic mass is 9.86. The van der Waals surface area contributed by atoms with Crippen molar-refractivity contribution in [2.45, 2.75) is 57.2 Å². The fraction of sp³-hybridized carbons (Fsp3) is 1.00. The van der Waals surface area contributed by atoms with Gasteiger partial charge in [-0.05, 0) is 18.8 Å². The van der Waals surface area contributed by atoms with Crippen LogP contribution in [0.5, 0.6) is 0 Å². The van der Waals surface area contributed by atoms with E-state index in [2.05, 4.69) is 0 Å². The predicted molar refractivity (Wildman–Crippen MR) is 49.8 cm³/mol.